The van der Waals surface area contributed by atoms with Crippen LogP contribution in [0.15, 0.2) is 30.3 Å². The predicted molar refractivity (Wildman–Crippen MR) is 96.3 cm³/mol. The lowest BCUT2D eigenvalue weighted by molar-refractivity contribution is -0.137. The van der Waals surface area contributed by atoms with Crippen molar-refractivity contribution in [3.05, 3.63) is 35.9 Å². The molecule has 1 aromatic carbocycles. The van der Waals surface area contributed by atoms with E-state index >= 15 is 0 Å². The zero-order valence-electron chi connectivity index (χ0n) is 14.6. The molecule has 25 heavy (non-hydrogen) atoms. The molecular weight excluding hydrogens is 344 g/mol. The summed E-state index contributed by atoms with van der Waals surface area (Å²) in [7, 11) is -3.18. The molecule has 0 saturated heterocycles. The van der Waals surface area contributed by atoms with Crippen molar-refractivity contribution >= 4 is 21.8 Å². The first-order valence-electron chi connectivity index (χ1n) is 8.25. The molecular formula is C17H26N2O5S. The molecule has 0 fully saturated rings. The van der Waals surface area contributed by atoms with Crippen LogP contribution in [0.25, 0.3) is 0 Å². The van der Waals surface area contributed by atoms with Gasteiger partial charge in [0.2, 0.25) is 0 Å². The van der Waals surface area contributed by atoms with E-state index in [1.54, 1.807) is 13.8 Å². The summed E-state index contributed by atoms with van der Waals surface area (Å²) in [5.74, 6) is -1.03. The number of urea groups is 1. The molecule has 0 bridgehead atoms. The molecule has 0 aromatic heterocycles. The van der Waals surface area contributed by atoms with Crippen molar-refractivity contribution in [1.82, 2.24) is 10.6 Å². The summed E-state index contributed by atoms with van der Waals surface area (Å²) in [6, 6.07) is 8.07. The smallest absolute Gasteiger partial charge is 0.315 e. The van der Waals surface area contributed by atoms with Crippen molar-refractivity contribution in [1.29, 1.82) is 0 Å². The minimum Gasteiger partial charge on any atom is -0.481 e. The van der Waals surface area contributed by atoms with Gasteiger partial charge < -0.3 is 15.7 Å². The third-order valence-electron chi connectivity index (χ3n) is 3.69. The van der Waals surface area contributed by atoms with E-state index < -0.39 is 27.9 Å². The molecule has 0 heterocycles. The summed E-state index contributed by atoms with van der Waals surface area (Å²) in [6.07, 6.45) is 0.736. The van der Waals surface area contributed by atoms with E-state index in [1.165, 1.54) is 0 Å². The fourth-order valence-electron chi connectivity index (χ4n) is 2.41. The molecule has 3 N–H and O–H groups in total. The Hall–Kier alpha value is -2.09. The minimum absolute atomic E-state index is 0.0237. The highest BCUT2D eigenvalue weighted by atomic mass is 32.2. The Kier molecular flexibility index (Phi) is 8.40. The maximum absolute atomic E-state index is 12.1. The number of aliphatic carboxylic acids is 1. The van der Waals surface area contributed by atoms with Crippen LogP contribution in [-0.4, -0.2) is 49.1 Å². The van der Waals surface area contributed by atoms with Crippen molar-refractivity contribution in [3.8, 4) is 0 Å². The lowest BCUT2D eigenvalue weighted by Crippen LogP contribution is -2.48. The molecule has 0 aliphatic carbocycles. The number of hydrogen-bond acceptors (Lipinski definition) is 4. The number of hydrogen-bond donors (Lipinski definition) is 3. The summed E-state index contributed by atoms with van der Waals surface area (Å²) in [6.45, 7) is 3.18. The van der Waals surface area contributed by atoms with E-state index in [-0.39, 0.29) is 24.0 Å². The third-order valence-corrected chi connectivity index (χ3v) is 5.58. The number of carbonyl (C=O) groups excluding carboxylic acids is 1. The molecule has 8 heteroatoms. The Morgan fingerprint density at radius 1 is 1.16 bits per heavy atom. The van der Waals surface area contributed by atoms with Gasteiger partial charge in [-0.3, -0.25) is 4.79 Å². The van der Waals surface area contributed by atoms with Crippen LogP contribution in [0, 0.1) is 0 Å². The lowest BCUT2D eigenvalue weighted by atomic mass is 10.0. The molecule has 0 aliphatic rings. The van der Waals surface area contributed by atoms with Gasteiger partial charge in [0.15, 0.2) is 9.84 Å². The van der Waals surface area contributed by atoms with Crippen molar-refractivity contribution in [2.75, 3.05) is 11.5 Å². The lowest BCUT2D eigenvalue weighted by Gasteiger charge is -2.21. The van der Waals surface area contributed by atoms with E-state index in [9.17, 15) is 18.0 Å². The van der Waals surface area contributed by atoms with Crippen LogP contribution >= 0.6 is 0 Å². The topological polar surface area (TPSA) is 113 Å². The summed E-state index contributed by atoms with van der Waals surface area (Å²) in [5.41, 5.74) is 0.986. The molecule has 0 saturated carbocycles. The molecule has 0 spiro atoms. The number of sulfone groups is 1. The molecule has 2 atom stereocenters. The molecule has 2 amide bonds. The molecule has 2 unspecified atom stereocenters. The van der Waals surface area contributed by atoms with E-state index in [0.717, 1.165) is 5.56 Å². The van der Waals surface area contributed by atoms with Gasteiger partial charge in [0.25, 0.3) is 0 Å². The number of carboxylic acids is 1. The van der Waals surface area contributed by atoms with Gasteiger partial charge in [-0.1, -0.05) is 37.3 Å². The van der Waals surface area contributed by atoms with Crippen LogP contribution in [0.5, 0.6) is 0 Å². The highest BCUT2D eigenvalue weighted by Crippen LogP contribution is 2.08. The van der Waals surface area contributed by atoms with E-state index in [0.29, 0.717) is 12.8 Å². The zero-order valence-corrected chi connectivity index (χ0v) is 15.4. The van der Waals surface area contributed by atoms with Crippen LogP contribution in [0.1, 0.15) is 32.3 Å². The van der Waals surface area contributed by atoms with Crippen molar-refractivity contribution in [3.63, 3.8) is 0 Å². The van der Waals surface area contributed by atoms with Crippen LogP contribution in [0.3, 0.4) is 0 Å². The molecule has 7 nitrogen and oxygen atoms in total. The Morgan fingerprint density at radius 3 is 2.36 bits per heavy atom. The number of amides is 2. The van der Waals surface area contributed by atoms with Crippen molar-refractivity contribution < 1.29 is 23.1 Å². The highest BCUT2D eigenvalue weighted by Gasteiger charge is 2.18. The summed E-state index contributed by atoms with van der Waals surface area (Å²) >= 11 is 0. The SMILES string of the molecule is CCS(=O)(=O)CC(C)NC(=O)NC(CCC(=O)O)Cc1ccccc1. The van der Waals surface area contributed by atoms with Gasteiger partial charge in [-0.25, -0.2) is 13.2 Å². The number of benzene rings is 1. The summed E-state index contributed by atoms with van der Waals surface area (Å²) < 4.78 is 23.2. The second-order valence-corrected chi connectivity index (χ2v) is 8.43. The normalized spacial score (nSPS) is 13.7. The van der Waals surface area contributed by atoms with Gasteiger partial charge in [0.05, 0.1) is 5.75 Å². The van der Waals surface area contributed by atoms with Gasteiger partial charge >= 0.3 is 12.0 Å². The monoisotopic (exact) mass is 370 g/mol. The standard InChI is InChI=1S/C17H26N2O5S/c1-3-25(23,24)12-13(2)18-17(22)19-15(9-10-16(20)21)11-14-7-5-4-6-8-14/h4-8,13,15H,3,9-12H2,1-2H3,(H,20,21)(H2,18,19,22). The van der Waals surface area contributed by atoms with Crippen molar-refractivity contribution in [2.45, 2.75) is 45.2 Å². The van der Waals surface area contributed by atoms with Gasteiger partial charge in [-0.15, -0.1) is 0 Å². The van der Waals surface area contributed by atoms with Crippen LogP contribution in [-0.2, 0) is 21.1 Å². The fraction of sp³-hybridized carbons (Fsp3) is 0.529. The quantitative estimate of drug-likeness (QED) is 0.579. The van der Waals surface area contributed by atoms with Gasteiger partial charge in [-0.2, -0.15) is 0 Å². The van der Waals surface area contributed by atoms with Gasteiger partial charge in [-0.05, 0) is 25.3 Å². The van der Waals surface area contributed by atoms with Crippen LogP contribution in [0.4, 0.5) is 4.79 Å². The molecule has 0 aliphatic heterocycles. The van der Waals surface area contributed by atoms with Gasteiger partial charge in [0.1, 0.15) is 0 Å². The first kappa shape index (κ1) is 21.0. The number of carboxylic acid groups (broad SMARTS) is 1. The first-order chi connectivity index (χ1) is 11.7. The molecule has 140 valence electrons. The van der Waals surface area contributed by atoms with Crippen LogP contribution < -0.4 is 10.6 Å². The third kappa shape index (κ3) is 9.09. The highest BCUT2D eigenvalue weighted by molar-refractivity contribution is 7.91. The van der Waals surface area contributed by atoms with Crippen molar-refractivity contribution in [2.24, 2.45) is 0 Å². The maximum atomic E-state index is 12.1. The zero-order chi connectivity index (χ0) is 18.9. The predicted octanol–water partition coefficient (Wildman–Crippen LogP) is 1.58. The number of carbonyl (C=O) groups is 2. The van der Waals surface area contributed by atoms with E-state index in [2.05, 4.69) is 10.6 Å². The Bertz CT molecular complexity index is 661. The van der Waals surface area contributed by atoms with Gasteiger partial charge in [0, 0.05) is 24.3 Å². The average Bonchev–Trinajstić information content (AvgIpc) is 2.52. The largest absolute Gasteiger partial charge is 0.481 e. The molecule has 1 aromatic rings. The molecule has 0 radical (unpaired) electrons. The number of rotatable bonds is 10. The van der Waals surface area contributed by atoms with Crippen LogP contribution in [0.2, 0.25) is 0 Å². The Labute approximate surface area is 148 Å². The maximum Gasteiger partial charge on any atom is 0.315 e. The summed E-state index contributed by atoms with van der Waals surface area (Å²) in [5, 5.41) is 14.2. The summed E-state index contributed by atoms with van der Waals surface area (Å²) in [4.78, 5) is 22.9. The first-order valence-corrected chi connectivity index (χ1v) is 10.1. The molecule has 1 rings (SSSR count). The fourth-order valence-corrected chi connectivity index (χ4v) is 3.49. The van der Waals surface area contributed by atoms with E-state index in [4.69, 9.17) is 5.11 Å². The second kappa shape index (κ2) is 10.0. The second-order valence-electron chi connectivity index (χ2n) is 6.04. The Balaban J connectivity index is 2.62. The van der Waals surface area contributed by atoms with E-state index in [1.807, 2.05) is 30.3 Å². The Morgan fingerprint density at radius 2 is 1.80 bits per heavy atom. The minimum atomic E-state index is -3.18. The average molecular weight is 370 g/mol. The number of nitrogens with one attached hydrogen (secondary N) is 2.